The molecule has 0 spiro atoms. The van der Waals surface area contributed by atoms with Crippen LogP contribution in [0.5, 0.6) is 0 Å². The van der Waals surface area contributed by atoms with E-state index in [4.69, 9.17) is 0 Å². The molecule has 2 rings (SSSR count). The topological polar surface area (TPSA) is 49.4 Å². The van der Waals surface area contributed by atoms with E-state index in [1.54, 1.807) is 11.3 Å². The van der Waals surface area contributed by atoms with E-state index >= 15 is 0 Å². The number of nitrogens with zero attached hydrogens (tertiary/aromatic N) is 1. The fourth-order valence-corrected chi connectivity index (χ4v) is 3.68. The van der Waals surface area contributed by atoms with Crippen molar-refractivity contribution in [1.82, 2.24) is 10.2 Å². The van der Waals surface area contributed by atoms with Crippen molar-refractivity contribution in [3.63, 3.8) is 0 Å². The molecule has 0 aromatic carbocycles. The highest BCUT2D eigenvalue weighted by Gasteiger charge is 2.30. The van der Waals surface area contributed by atoms with Gasteiger partial charge in [0.25, 0.3) is 0 Å². The maximum atomic E-state index is 12.7. The summed E-state index contributed by atoms with van der Waals surface area (Å²) in [5.74, 6) is 0.133. The van der Waals surface area contributed by atoms with Crippen LogP contribution in [0.25, 0.3) is 0 Å². The molecule has 1 aromatic heterocycles. The Morgan fingerprint density at radius 3 is 2.96 bits per heavy atom. The van der Waals surface area contributed by atoms with E-state index in [2.05, 4.69) is 17.6 Å². The van der Waals surface area contributed by atoms with Gasteiger partial charge in [-0.05, 0) is 48.1 Å². The number of carbonyl (C=O) groups is 2. The molecule has 2 heterocycles. The molecule has 1 unspecified atom stereocenters. The second kappa shape index (κ2) is 9.71. The maximum Gasteiger partial charge on any atom is 0.242 e. The fraction of sp³-hybridized carbons (Fsp3) is 0.667. The molecule has 1 aromatic rings. The molecule has 1 fully saturated rings. The fourth-order valence-electron chi connectivity index (χ4n) is 3.02. The van der Waals surface area contributed by atoms with Gasteiger partial charge in [-0.1, -0.05) is 26.2 Å². The standard InChI is InChI=1S/C18H28N2O2S/c1-2-3-4-5-9-17(21)20(13-15-10-12-23-14-15)16-8-6-7-11-19-18(16)22/h10,12,14,16H,2-9,11,13H2,1H3,(H,19,22). The number of nitrogens with one attached hydrogen (secondary N) is 1. The Morgan fingerprint density at radius 1 is 1.35 bits per heavy atom. The first-order chi connectivity index (χ1) is 11.2. The van der Waals surface area contributed by atoms with E-state index in [-0.39, 0.29) is 17.9 Å². The molecule has 2 amide bonds. The monoisotopic (exact) mass is 336 g/mol. The predicted octanol–water partition coefficient (Wildman–Crippen LogP) is 3.72. The highest BCUT2D eigenvalue weighted by Crippen LogP contribution is 2.19. The van der Waals surface area contributed by atoms with Gasteiger partial charge < -0.3 is 10.2 Å². The Kier molecular flexibility index (Phi) is 7.59. The summed E-state index contributed by atoms with van der Waals surface area (Å²) in [5.41, 5.74) is 1.12. The van der Waals surface area contributed by atoms with Gasteiger partial charge in [0.1, 0.15) is 6.04 Å². The summed E-state index contributed by atoms with van der Waals surface area (Å²) in [4.78, 5) is 26.9. The smallest absolute Gasteiger partial charge is 0.242 e. The van der Waals surface area contributed by atoms with Crippen LogP contribution in [0.4, 0.5) is 0 Å². The van der Waals surface area contributed by atoms with Gasteiger partial charge in [0.2, 0.25) is 11.8 Å². The minimum absolute atomic E-state index is 0.0136. The average Bonchev–Trinajstić information content (AvgIpc) is 2.97. The number of unbranched alkanes of at least 4 members (excludes halogenated alkanes) is 3. The highest BCUT2D eigenvalue weighted by atomic mass is 32.1. The molecular formula is C18H28N2O2S. The van der Waals surface area contributed by atoms with Crippen LogP contribution in [-0.2, 0) is 16.1 Å². The first kappa shape index (κ1) is 18.0. The third-order valence-electron chi connectivity index (χ3n) is 4.38. The number of amides is 2. The normalized spacial score (nSPS) is 18.3. The lowest BCUT2D eigenvalue weighted by Gasteiger charge is -2.30. The van der Waals surface area contributed by atoms with E-state index in [1.165, 1.54) is 6.42 Å². The summed E-state index contributed by atoms with van der Waals surface area (Å²) in [6.07, 6.45) is 7.66. The Morgan fingerprint density at radius 2 is 2.22 bits per heavy atom. The third-order valence-corrected chi connectivity index (χ3v) is 5.11. The van der Waals surface area contributed by atoms with E-state index in [0.29, 0.717) is 13.0 Å². The minimum atomic E-state index is -0.309. The minimum Gasteiger partial charge on any atom is -0.354 e. The van der Waals surface area contributed by atoms with E-state index < -0.39 is 0 Å². The summed E-state index contributed by atoms with van der Waals surface area (Å²) in [7, 11) is 0. The Bertz CT molecular complexity index is 487. The van der Waals surface area contributed by atoms with Crippen LogP contribution in [0, 0.1) is 0 Å². The first-order valence-corrected chi connectivity index (χ1v) is 9.75. The molecule has 0 bridgehead atoms. The van der Waals surface area contributed by atoms with Crippen LogP contribution >= 0.6 is 11.3 Å². The second-order valence-corrected chi connectivity index (χ2v) is 7.05. The van der Waals surface area contributed by atoms with Crippen molar-refractivity contribution in [3.8, 4) is 0 Å². The van der Waals surface area contributed by atoms with Crippen LogP contribution in [0.3, 0.4) is 0 Å². The van der Waals surface area contributed by atoms with Gasteiger partial charge in [-0.3, -0.25) is 9.59 Å². The second-order valence-electron chi connectivity index (χ2n) is 6.27. The Labute approximate surface area is 143 Å². The molecule has 1 atom stereocenters. The van der Waals surface area contributed by atoms with Crippen LogP contribution in [0.2, 0.25) is 0 Å². The van der Waals surface area contributed by atoms with Crippen molar-refractivity contribution in [2.45, 2.75) is 70.9 Å². The number of hydrogen-bond acceptors (Lipinski definition) is 3. The van der Waals surface area contributed by atoms with Crippen molar-refractivity contribution >= 4 is 23.2 Å². The van der Waals surface area contributed by atoms with Crippen LogP contribution in [0.1, 0.15) is 63.9 Å². The number of carbonyl (C=O) groups excluding carboxylic acids is 2. The van der Waals surface area contributed by atoms with Crippen molar-refractivity contribution in [3.05, 3.63) is 22.4 Å². The van der Waals surface area contributed by atoms with Gasteiger partial charge in [-0.15, -0.1) is 0 Å². The molecule has 1 N–H and O–H groups in total. The van der Waals surface area contributed by atoms with Crippen molar-refractivity contribution < 1.29 is 9.59 Å². The number of hydrogen-bond donors (Lipinski definition) is 1. The van der Waals surface area contributed by atoms with Gasteiger partial charge >= 0.3 is 0 Å². The molecule has 1 aliphatic rings. The summed E-state index contributed by atoms with van der Waals surface area (Å²) in [5, 5.41) is 7.04. The zero-order chi connectivity index (χ0) is 16.5. The third kappa shape index (κ3) is 5.65. The number of thiophene rings is 1. The molecule has 0 aliphatic carbocycles. The zero-order valence-corrected chi connectivity index (χ0v) is 14.9. The van der Waals surface area contributed by atoms with E-state index in [9.17, 15) is 9.59 Å². The largest absolute Gasteiger partial charge is 0.354 e. The van der Waals surface area contributed by atoms with Crippen molar-refractivity contribution in [1.29, 1.82) is 0 Å². The van der Waals surface area contributed by atoms with Gasteiger partial charge in [0.15, 0.2) is 0 Å². The quantitative estimate of drug-likeness (QED) is 0.736. The molecule has 23 heavy (non-hydrogen) atoms. The lowest BCUT2D eigenvalue weighted by atomic mass is 10.1. The first-order valence-electron chi connectivity index (χ1n) is 8.80. The molecule has 1 aliphatic heterocycles. The lowest BCUT2D eigenvalue weighted by molar-refractivity contribution is -0.141. The molecule has 0 radical (unpaired) electrons. The van der Waals surface area contributed by atoms with Gasteiger partial charge in [0, 0.05) is 19.5 Å². The molecular weight excluding hydrogens is 308 g/mol. The molecule has 1 saturated heterocycles. The average molecular weight is 337 g/mol. The molecule has 128 valence electrons. The summed E-state index contributed by atoms with van der Waals surface area (Å²) < 4.78 is 0. The Hall–Kier alpha value is -1.36. The highest BCUT2D eigenvalue weighted by molar-refractivity contribution is 7.07. The van der Waals surface area contributed by atoms with Crippen LogP contribution in [-0.4, -0.2) is 29.3 Å². The van der Waals surface area contributed by atoms with Crippen LogP contribution in [0.15, 0.2) is 16.8 Å². The van der Waals surface area contributed by atoms with Gasteiger partial charge in [-0.25, -0.2) is 0 Å². The van der Waals surface area contributed by atoms with Crippen molar-refractivity contribution in [2.75, 3.05) is 6.54 Å². The van der Waals surface area contributed by atoms with Crippen LogP contribution < -0.4 is 5.32 Å². The summed E-state index contributed by atoms with van der Waals surface area (Å²) >= 11 is 1.63. The summed E-state index contributed by atoms with van der Waals surface area (Å²) in [6, 6.07) is 1.73. The van der Waals surface area contributed by atoms with Gasteiger partial charge in [0.05, 0.1) is 0 Å². The molecule has 0 saturated carbocycles. The summed E-state index contributed by atoms with van der Waals surface area (Å²) in [6.45, 7) is 3.45. The van der Waals surface area contributed by atoms with Crippen molar-refractivity contribution in [2.24, 2.45) is 0 Å². The maximum absolute atomic E-state index is 12.7. The molecule has 4 nitrogen and oxygen atoms in total. The predicted molar refractivity (Wildman–Crippen MR) is 94.3 cm³/mol. The lowest BCUT2D eigenvalue weighted by Crippen LogP contribution is -2.48. The zero-order valence-electron chi connectivity index (χ0n) is 14.1. The molecule has 5 heteroatoms. The SMILES string of the molecule is CCCCCCC(=O)N(Cc1ccsc1)C1CCCCNC1=O. The van der Waals surface area contributed by atoms with Gasteiger partial charge in [-0.2, -0.15) is 11.3 Å². The number of rotatable bonds is 8. The van der Waals surface area contributed by atoms with E-state index in [0.717, 1.165) is 50.6 Å². The van der Waals surface area contributed by atoms with E-state index in [1.807, 2.05) is 16.3 Å². The Balaban J connectivity index is 2.03.